The molecule has 0 saturated heterocycles. The summed E-state index contributed by atoms with van der Waals surface area (Å²) < 4.78 is 16.4. The van der Waals surface area contributed by atoms with Crippen LogP contribution in [0.25, 0.3) is 11.1 Å². The Morgan fingerprint density at radius 2 is 1.87 bits per heavy atom. The van der Waals surface area contributed by atoms with E-state index in [4.69, 9.17) is 13.9 Å². The van der Waals surface area contributed by atoms with E-state index in [1.54, 1.807) is 14.2 Å². The minimum atomic E-state index is 0.629. The highest BCUT2D eigenvalue weighted by molar-refractivity contribution is 5.72. The van der Waals surface area contributed by atoms with Crippen molar-refractivity contribution >= 4 is 11.1 Å². The molecule has 120 valence electrons. The van der Waals surface area contributed by atoms with E-state index in [-0.39, 0.29) is 0 Å². The highest BCUT2D eigenvalue weighted by Gasteiger charge is 2.11. The van der Waals surface area contributed by atoms with E-state index < -0.39 is 0 Å². The number of fused-ring (bicyclic) bond motifs is 1. The van der Waals surface area contributed by atoms with Gasteiger partial charge in [0.1, 0.15) is 17.0 Å². The topological polar surface area (TPSA) is 47.7 Å². The summed E-state index contributed by atoms with van der Waals surface area (Å²) in [6, 6.07) is 13.6. The lowest BCUT2D eigenvalue weighted by atomic mass is 10.2. The fourth-order valence-electron chi connectivity index (χ4n) is 2.55. The first-order valence-electron chi connectivity index (χ1n) is 7.43. The summed E-state index contributed by atoms with van der Waals surface area (Å²) in [6.07, 6.45) is 0. The van der Waals surface area contributed by atoms with Crippen LogP contribution < -0.4 is 9.47 Å². The molecule has 0 aliphatic rings. The number of rotatable bonds is 6. The van der Waals surface area contributed by atoms with Crippen molar-refractivity contribution in [3.8, 4) is 11.5 Å². The number of hydrogen-bond donors (Lipinski definition) is 0. The van der Waals surface area contributed by atoms with E-state index in [1.807, 2.05) is 49.5 Å². The minimum Gasteiger partial charge on any atom is -0.497 e. The van der Waals surface area contributed by atoms with E-state index >= 15 is 0 Å². The Kier molecular flexibility index (Phi) is 4.48. The standard InChI is InChI=1S/C18H20N2O3/c1-20(11-13-8-9-14(21-2)10-17(13)22-3)12-18-19-15-6-4-5-7-16(15)23-18/h4-10H,11-12H2,1-3H3. The van der Waals surface area contributed by atoms with Crippen molar-refractivity contribution in [2.24, 2.45) is 0 Å². The molecule has 23 heavy (non-hydrogen) atoms. The fourth-order valence-corrected chi connectivity index (χ4v) is 2.55. The van der Waals surface area contributed by atoms with E-state index in [0.29, 0.717) is 12.4 Å². The number of hydrogen-bond acceptors (Lipinski definition) is 5. The first-order chi connectivity index (χ1) is 11.2. The SMILES string of the molecule is COc1ccc(CN(C)Cc2nc3ccccc3o2)c(OC)c1. The van der Waals surface area contributed by atoms with E-state index in [2.05, 4.69) is 9.88 Å². The molecule has 0 bridgehead atoms. The lowest BCUT2D eigenvalue weighted by molar-refractivity contribution is 0.279. The molecular weight excluding hydrogens is 292 g/mol. The van der Waals surface area contributed by atoms with Gasteiger partial charge in [-0.1, -0.05) is 18.2 Å². The van der Waals surface area contributed by atoms with Crippen molar-refractivity contribution in [2.45, 2.75) is 13.1 Å². The third-order valence-corrected chi connectivity index (χ3v) is 3.68. The van der Waals surface area contributed by atoms with Crippen molar-refractivity contribution in [1.82, 2.24) is 9.88 Å². The minimum absolute atomic E-state index is 0.629. The zero-order chi connectivity index (χ0) is 16.2. The molecule has 0 N–H and O–H groups in total. The fraction of sp³-hybridized carbons (Fsp3) is 0.278. The van der Waals surface area contributed by atoms with Crippen LogP contribution in [0.3, 0.4) is 0 Å². The summed E-state index contributed by atoms with van der Waals surface area (Å²) in [4.78, 5) is 6.64. The number of nitrogens with zero attached hydrogens (tertiary/aromatic N) is 2. The van der Waals surface area contributed by atoms with E-state index in [1.165, 1.54) is 0 Å². The molecule has 0 aliphatic carbocycles. The van der Waals surface area contributed by atoms with Gasteiger partial charge in [-0.3, -0.25) is 4.90 Å². The summed E-state index contributed by atoms with van der Waals surface area (Å²) in [5, 5.41) is 0. The second kappa shape index (κ2) is 6.71. The molecule has 0 spiro atoms. The van der Waals surface area contributed by atoms with Gasteiger partial charge in [-0.25, -0.2) is 4.98 Å². The lowest BCUT2D eigenvalue weighted by Gasteiger charge is -2.17. The molecule has 5 nitrogen and oxygen atoms in total. The van der Waals surface area contributed by atoms with Crippen LogP contribution in [0.5, 0.6) is 11.5 Å². The van der Waals surface area contributed by atoms with Crippen molar-refractivity contribution in [1.29, 1.82) is 0 Å². The summed E-state index contributed by atoms with van der Waals surface area (Å²) in [7, 11) is 5.34. The third kappa shape index (κ3) is 3.46. The summed E-state index contributed by atoms with van der Waals surface area (Å²) in [5.74, 6) is 2.31. The van der Waals surface area contributed by atoms with Gasteiger partial charge in [-0.15, -0.1) is 0 Å². The van der Waals surface area contributed by atoms with E-state index in [9.17, 15) is 0 Å². The molecule has 0 aliphatic heterocycles. The molecule has 1 heterocycles. The van der Waals surface area contributed by atoms with Crippen LogP contribution in [0.2, 0.25) is 0 Å². The maximum Gasteiger partial charge on any atom is 0.209 e. The number of methoxy groups -OCH3 is 2. The smallest absolute Gasteiger partial charge is 0.209 e. The van der Waals surface area contributed by atoms with Gasteiger partial charge in [0, 0.05) is 18.2 Å². The van der Waals surface area contributed by atoms with Crippen LogP contribution in [-0.2, 0) is 13.1 Å². The zero-order valence-electron chi connectivity index (χ0n) is 13.6. The number of benzene rings is 2. The van der Waals surface area contributed by atoms with Gasteiger partial charge in [0.15, 0.2) is 5.58 Å². The van der Waals surface area contributed by atoms with Crippen LogP contribution >= 0.6 is 0 Å². The molecule has 0 saturated carbocycles. The second-order valence-electron chi connectivity index (χ2n) is 5.43. The van der Waals surface area contributed by atoms with Crippen LogP contribution in [0.1, 0.15) is 11.5 Å². The molecule has 0 fully saturated rings. The van der Waals surface area contributed by atoms with Gasteiger partial charge < -0.3 is 13.9 Å². The quantitative estimate of drug-likeness (QED) is 0.697. The molecule has 1 aromatic heterocycles. The van der Waals surface area contributed by atoms with Gasteiger partial charge in [0.2, 0.25) is 5.89 Å². The number of oxazole rings is 1. The summed E-state index contributed by atoms with van der Waals surface area (Å²) in [5.41, 5.74) is 2.79. The van der Waals surface area contributed by atoms with Gasteiger partial charge in [0.05, 0.1) is 20.8 Å². The molecule has 0 unspecified atom stereocenters. The van der Waals surface area contributed by atoms with Crippen LogP contribution in [-0.4, -0.2) is 31.2 Å². The molecule has 3 aromatic rings. The largest absolute Gasteiger partial charge is 0.497 e. The Bertz CT molecular complexity index is 765. The Hall–Kier alpha value is -2.53. The van der Waals surface area contributed by atoms with Gasteiger partial charge in [-0.2, -0.15) is 0 Å². The normalized spacial score (nSPS) is 11.1. The molecule has 0 amide bonds. The molecule has 0 atom stereocenters. The van der Waals surface area contributed by atoms with Crippen molar-refractivity contribution in [3.63, 3.8) is 0 Å². The van der Waals surface area contributed by atoms with Crippen LogP contribution in [0.4, 0.5) is 0 Å². The number of para-hydroxylation sites is 2. The summed E-state index contributed by atoms with van der Waals surface area (Å²) >= 11 is 0. The van der Waals surface area contributed by atoms with Crippen molar-refractivity contribution in [2.75, 3.05) is 21.3 Å². The first kappa shape index (κ1) is 15.4. The molecule has 0 radical (unpaired) electrons. The Morgan fingerprint density at radius 3 is 2.61 bits per heavy atom. The first-order valence-corrected chi connectivity index (χ1v) is 7.43. The number of aromatic nitrogens is 1. The second-order valence-corrected chi connectivity index (χ2v) is 5.43. The third-order valence-electron chi connectivity index (χ3n) is 3.68. The Labute approximate surface area is 135 Å². The number of ether oxygens (including phenoxy) is 2. The van der Waals surface area contributed by atoms with E-state index in [0.717, 1.165) is 34.7 Å². The van der Waals surface area contributed by atoms with Crippen molar-refractivity contribution < 1.29 is 13.9 Å². The molecular formula is C18H20N2O3. The monoisotopic (exact) mass is 312 g/mol. The van der Waals surface area contributed by atoms with Crippen LogP contribution in [0.15, 0.2) is 46.9 Å². The van der Waals surface area contributed by atoms with Crippen molar-refractivity contribution in [3.05, 3.63) is 53.9 Å². The predicted octanol–water partition coefficient (Wildman–Crippen LogP) is 3.48. The lowest BCUT2D eigenvalue weighted by Crippen LogP contribution is -2.17. The highest BCUT2D eigenvalue weighted by Crippen LogP contribution is 2.26. The molecule has 2 aromatic carbocycles. The average molecular weight is 312 g/mol. The van der Waals surface area contributed by atoms with Crippen LogP contribution in [0, 0.1) is 0 Å². The Balaban J connectivity index is 1.72. The predicted molar refractivity (Wildman–Crippen MR) is 88.7 cm³/mol. The molecule has 3 rings (SSSR count). The average Bonchev–Trinajstić information content (AvgIpc) is 2.97. The Morgan fingerprint density at radius 1 is 1.04 bits per heavy atom. The van der Waals surface area contributed by atoms with Gasteiger partial charge in [0.25, 0.3) is 0 Å². The molecule has 5 heteroatoms. The van der Waals surface area contributed by atoms with Gasteiger partial charge >= 0.3 is 0 Å². The van der Waals surface area contributed by atoms with Gasteiger partial charge in [-0.05, 0) is 25.2 Å². The summed E-state index contributed by atoms with van der Waals surface area (Å²) in [6.45, 7) is 1.36. The maximum absolute atomic E-state index is 5.77. The maximum atomic E-state index is 5.77. The zero-order valence-corrected chi connectivity index (χ0v) is 13.6. The highest BCUT2D eigenvalue weighted by atomic mass is 16.5.